The van der Waals surface area contributed by atoms with Crippen molar-refractivity contribution in [1.29, 1.82) is 0 Å². The number of carbonyl (C=O) groups excluding carboxylic acids is 3. The molecule has 0 amide bonds. The molecule has 0 saturated heterocycles. The van der Waals surface area contributed by atoms with Crippen molar-refractivity contribution < 1.29 is 28.6 Å². The molecule has 0 spiro atoms. The lowest BCUT2D eigenvalue weighted by Crippen LogP contribution is -2.42. The number of hydrogen-bond acceptors (Lipinski definition) is 6. The Morgan fingerprint density at radius 3 is 1.69 bits per heavy atom. The van der Waals surface area contributed by atoms with Crippen molar-refractivity contribution in [2.75, 3.05) is 6.61 Å². The standard InChI is InChI=1S/C20H34O6/c1-13(16(23)24-12-15(22)26-20(8,9)10)11-14(21)25-17(18(2,3)4)19(5,6)7/h17H,1,11-12H2,2-10H3. The van der Waals surface area contributed by atoms with Crippen LogP contribution in [0.3, 0.4) is 0 Å². The highest BCUT2D eigenvalue weighted by atomic mass is 16.6. The fourth-order valence-electron chi connectivity index (χ4n) is 2.67. The Bertz CT molecular complexity index is 526. The van der Waals surface area contributed by atoms with Gasteiger partial charge in [-0.2, -0.15) is 0 Å². The molecule has 0 fully saturated rings. The van der Waals surface area contributed by atoms with E-state index in [1.165, 1.54) is 0 Å². The summed E-state index contributed by atoms with van der Waals surface area (Å²) >= 11 is 0. The topological polar surface area (TPSA) is 78.9 Å². The Balaban J connectivity index is 4.64. The molecule has 0 saturated carbocycles. The fraction of sp³-hybridized carbons (Fsp3) is 0.750. The summed E-state index contributed by atoms with van der Waals surface area (Å²) in [6, 6.07) is 0. The van der Waals surface area contributed by atoms with Gasteiger partial charge in [-0.15, -0.1) is 0 Å². The van der Waals surface area contributed by atoms with E-state index in [2.05, 4.69) is 6.58 Å². The molecule has 0 heterocycles. The molecule has 0 aliphatic rings. The number of rotatable bonds is 6. The first-order valence-electron chi connectivity index (χ1n) is 8.69. The number of hydrogen-bond donors (Lipinski definition) is 0. The van der Waals surface area contributed by atoms with Crippen LogP contribution in [0.15, 0.2) is 12.2 Å². The zero-order valence-corrected chi connectivity index (χ0v) is 17.6. The highest BCUT2D eigenvalue weighted by Crippen LogP contribution is 2.36. The molecule has 0 atom stereocenters. The molecular weight excluding hydrogens is 336 g/mol. The molecule has 0 aromatic rings. The van der Waals surface area contributed by atoms with Crippen molar-refractivity contribution >= 4 is 17.9 Å². The zero-order valence-electron chi connectivity index (χ0n) is 17.6. The third-order valence-corrected chi connectivity index (χ3v) is 3.21. The Kier molecular flexibility index (Phi) is 8.07. The first-order valence-corrected chi connectivity index (χ1v) is 8.69. The van der Waals surface area contributed by atoms with Crippen molar-refractivity contribution in [2.24, 2.45) is 10.8 Å². The van der Waals surface area contributed by atoms with Gasteiger partial charge in [0, 0.05) is 5.57 Å². The van der Waals surface area contributed by atoms with E-state index in [0.717, 1.165) is 0 Å². The fourth-order valence-corrected chi connectivity index (χ4v) is 2.67. The molecular formula is C20H34O6. The molecule has 0 bridgehead atoms. The van der Waals surface area contributed by atoms with Crippen molar-refractivity contribution in [2.45, 2.75) is 80.4 Å². The molecule has 0 aliphatic heterocycles. The van der Waals surface area contributed by atoms with Crippen LogP contribution in [0.5, 0.6) is 0 Å². The Morgan fingerprint density at radius 1 is 0.846 bits per heavy atom. The van der Waals surface area contributed by atoms with Crippen LogP contribution in [-0.4, -0.2) is 36.2 Å². The molecule has 0 aromatic heterocycles. The Labute approximate surface area is 157 Å². The third kappa shape index (κ3) is 9.59. The predicted octanol–water partition coefficient (Wildman–Crippen LogP) is 3.82. The van der Waals surface area contributed by atoms with Gasteiger partial charge in [0.2, 0.25) is 0 Å². The van der Waals surface area contributed by atoms with E-state index in [4.69, 9.17) is 14.2 Å². The highest BCUT2D eigenvalue weighted by molar-refractivity contribution is 5.94. The Hall–Kier alpha value is -1.85. The van der Waals surface area contributed by atoms with Crippen molar-refractivity contribution in [3.05, 3.63) is 12.2 Å². The first-order chi connectivity index (χ1) is 11.4. The second-order valence-corrected chi connectivity index (χ2v) is 9.54. The van der Waals surface area contributed by atoms with E-state index in [0.29, 0.717) is 0 Å². The molecule has 150 valence electrons. The Morgan fingerprint density at radius 2 is 1.31 bits per heavy atom. The molecule has 0 radical (unpaired) electrons. The van der Waals surface area contributed by atoms with Gasteiger partial charge in [-0.1, -0.05) is 48.1 Å². The van der Waals surface area contributed by atoms with E-state index in [1.807, 2.05) is 41.5 Å². The SMILES string of the molecule is C=C(CC(=O)OC(C(C)(C)C)C(C)(C)C)C(=O)OCC(=O)OC(C)(C)C. The van der Waals surface area contributed by atoms with Crippen LogP contribution in [0, 0.1) is 10.8 Å². The summed E-state index contributed by atoms with van der Waals surface area (Å²) in [6.07, 6.45) is -0.636. The molecule has 0 N–H and O–H groups in total. The minimum Gasteiger partial charge on any atom is -0.461 e. The van der Waals surface area contributed by atoms with Crippen LogP contribution in [0.25, 0.3) is 0 Å². The lowest BCUT2D eigenvalue weighted by Gasteiger charge is -2.39. The van der Waals surface area contributed by atoms with Gasteiger partial charge >= 0.3 is 17.9 Å². The highest BCUT2D eigenvalue weighted by Gasteiger charge is 2.38. The van der Waals surface area contributed by atoms with Gasteiger partial charge in [0.1, 0.15) is 11.7 Å². The van der Waals surface area contributed by atoms with Gasteiger partial charge in [0.05, 0.1) is 6.42 Å². The van der Waals surface area contributed by atoms with E-state index in [9.17, 15) is 14.4 Å². The summed E-state index contributed by atoms with van der Waals surface area (Å²) in [5, 5.41) is 0. The van der Waals surface area contributed by atoms with Crippen LogP contribution in [-0.2, 0) is 28.6 Å². The van der Waals surface area contributed by atoms with Crippen molar-refractivity contribution in [3.8, 4) is 0 Å². The summed E-state index contributed by atoms with van der Waals surface area (Å²) in [4.78, 5) is 35.6. The van der Waals surface area contributed by atoms with Crippen LogP contribution in [0.2, 0.25) is 0 Å². The van der Waals surface area contributed by atoms with Gasteiger partial charge in [-0.25, -0.2) is 9.59 Å². The molecule has 26 heavy (non-hydrogen) atoms. The van der Waals surface area contributed by atoms with Gasteiger partial charge in [0.25, 0.3) is 0 Å². The molecule has 0 rings (SSSR count). The smallest absolute Gasteiger partial charge is 0.344 e. The van der Waals surface area contributed by atoms with Crippen LogP contribution in [0.1, 0.15) is 68.7 Å². The number of ether oxygens (including phenoxy) is 3. The lowest BCUT2D eigenvalue weighted by molar-refractivity contribution is -0.166. The first kappa shape index (κ1) is 24.1. The number of esters is 3. The van der Waals surface area contributed by atoms with Crippen LogP contribution >= 0.6 is 0 Å². The minimum atomic E-state index is -0.823. The number of carbonyl (C=O) groups is 3. The van der Waals surface area contributed by atoms with Crippen LogP contribution < -0.4 is 0 Å². The van der Waals surface area contributed by atoms with E-state index in [-0.39, 0.29) is 28.9 Å². The molecule has 0 unspecified atom stereocenters. The minimum absolute atomic E-state index is 0.0693. The average molecular weight is 370 g/mol. The quantitative estimate of drug-likeness (QED) is 0.402. The maximum absolute atomic E-state index is 12.2. The van der Waals surface area contributed by atoms with Crippen LogP contribution in [0.4, 0.5) is 0 Å². The summed E-state index contributed by atoms with van der Waals surface area (Å²) in [6.45, 7) is 20.1. The maximum Gasteiger partial charge on any atom is 0.344 e. The predicted molar refractivity (Wildman–Crippen MR) is 99.4 cm³/mol. The maximum atomic E-state index is 12.2. The van der Waals surface area contributed by atoms with Gasteiger partial charge in [-0.05, 0) is 31.6 Å². The van der Waals surface area contributed by atoms with Gasteiger partial charge in [0.15, 0.2) is 6.61 Å². The zero-order chi connectivity index (χ0) is 20.9. The largest absolute Gasteiger partial charge is 0.461 e. The van der Waals surface area contributed by atoms with Crippen molar-refractivity contribution in [1.82, 2.24) is 0 Å². The summed E-state index contributed by atoms with van der Waals surface area (Å²) in [5.74, 6) is -2.04. The van der Waals surface area contributed by atoms with Gasteiger partial charge in [-0.3, -0.25) is 4.79 Å². The molecule has 6 heteroatoms. The summed E-state index contributed by atoms with van der Waals surface area (Å²) < 4.78 is 15.5. The monoisotopic (exact) mass is 370 g/mol. The second-order valence-electron chi connectivity index (χ2n) is 9.54. The third-order valence-electron chi connectivity index (χ3n) is 3.21. The molecule has 0 aliphatic carbocycles. The summed E-state index contributed by atoms with van der Waals surface area (Å²) in [7, 11) is 0. The van der Waals surface area contributed by atoms with E-state index >= 15 is 0 Å². The normalized spacial score (nSPS) is 12.5. The van der Waals surface area contributed by atoms with E-state index < -0.39 is 30.1 Å². The van der Waals surface area contributed by atoms with Gasteiger partial charge < -0.3 is 14.2 Å². The van der Waals surface area contributed by atoms with E-state index in [1.54, 1.807) is 20.8 Å². The van der Waals surface area contributed by atoms with Crippen molar-refractivity contribution in [3.63, 3.8) is 0 Å². The lowest BCUT2D eigenvalue weighted by atomic mass is 9.74. The molecule has 6 nitrogen and oxygen atoms in total. The summed E-state index contributed by atoms with van der Waals surface area (Å²) in [5.41, 5.74) is -1.25. The second kappa shape index (κ2) is 8.69. The molecule has 0 aromatic carbocycles. The average Bonchev–Trinajstić information content (AvgIpc) is 2.37.